The maximum absolute atomic E-state index is 6.25. The standard InChI is InChI=1S/C49H27N5OS2/c1-3-13-28(14-4-1)42-45-43(33-18-8-10-24-39(33)57-45)51-49(50-42)35-21-11-19-31-36-27-30(25-26-40(36)56-44(31)35)47-52-46(29-15-5-2-6-16-29)53-48(54-47)34-20-12-23-38-41(34)32-17-7-9-22-37(32)55-38/h1-27H. The van der Waals surface area contributed by atoms with Gasteiger partial charge in [0.1, 0.15) is 11.2 Å². The minimum atomic E-state index is 0.594. The molecule has 0 unspecified atom stereocenters. The van der Waals surface area contributed by atoms with Crippen LogP contribution in [-0.2, 0) is 0 Å². The quantitative estimate of drug-likeness (QED) is 0.174. The smallest absolute Gasteiger partial charge is 0.164 e. The summed E-state index contributed by atoms with van der Waals surface area (Å²) in [7, 11) is 0. The van der Waals surface area contributed by atoms with Crippen molar-refractivity contribution >= 4 is 85.1 Å². The summed E-state index contributed by atoms with van der Waals surface area (Å²) in [5.74, 6) is 2.53. The first-order valence-electron chi connectivity index (χ1n) is 18.7. The van der Waals surface area contributed by atoms with Crippen molar-refractivity contribution in [1.82, 2.24) is 24.9 Å². The largest absolute Gasteiger partial charge is 0.456 e. The van der Waals surface area contributed by atoms with Gasteiger partial charge in [0.2, 0.25) is 0 Å². The summed E-state index contributed by atoms with van der Waals surface area (Å²) in [6.07, 6.45) is 0. The minimum Gasteiger partial charge on any atom is -0.456 e. The van der Waals surface area contributed by atoms with E-state index in [9.17, 15) is 0 Å². The van der Waals surface area contributed by atoms with Crippen LogP contribution in [-0.4, -0.2) is 24.9 Å². The van der Waals surface area contributed by atoms with Gasteiger partial charge in [-0.2, -0.15) is 0 Å². The Morgan fingerprint density at radius 3 is 1.84 bits per heavy atom. The first-order valence-corrected chi connectivity index (χ1v) is 20.3. The van der Waals surface area contributed by atoms with E-state index in [4.69, 9.17) is 29.3 Å². The van der Waals surface area contributed by atoms with Crippen molar-refractivity contribution < 1.29 is 4.42 Å². The van der Waals surface area contributed by atoms with Crippen LogP contribution >= 0.6 is 22.7 Å². The molecule has 5 heterocycles. The van der Waals surface area contributed by atoms with Gasteiger partial charge in [-0.1, -0.05) is 121 Å². The van der Waals surface area contributed by atoms with Gasteiger partial charge in [0, 0.05) is 68.8 Å². The van der Waals surface area contributed by atoms with Crippen molar-refractivity contribution in [1.29, 1.82) is 0 Å². The Morgan fingerprint density at radius 1 is 0.368 bits per heavy atom. The third-order valence-corrected chi connectivity index (χ3v) is 13.0. The second-order valence-electron chi connectivity index (χ2n) is 14.0. The Balaban J connectivity index is 1.05. The molecule has 0 fully saturated rings. The van der Waals surface area contributed by atoms with Crippen molar-refractivity contribution in [2.75, 3.05) is 0 Å². The normalized spacial score (nSPS) is 11.9. The fourth-order valence-electron chi connectivity index (χ4n) is 7.92. The maximum atomic E-state index is 6.25. The van der Waals surface area contributed by atoms with Crippen LogP contribution in [0.15, 0.2) is 168 Å². The lowest BCUT2D eigenvalue weighted by Crippen LogP contribution is -2.00. The zero-order valence-corrected chi connectivity index (χ0v) is 31.7. The van der Waals surface area contributed by atoms with E-state index in [0.717, 1.165) is 92.3 Å². The van der Waals surface area contributed by atoms with E-state index in [2.05, 4.69) is 97.1 Å². The molecule has 8 heteroatoms. The highest BCUT2D eigenvalue weighted by Gasteiger charge is 2.21. The summed E-state index contributed by atoms with van der Waals surface area (Å²) < 4.78 is 10.9. The number of nitrogens with zero attached hydrogens (tertiary/aromatic N) is 5. The molecule has 0 aliphatic carbocycles. The van der Waals surface area contributed by atoms with Crippen molar-refractivity contribution in [3.8, 4) is 56.8 Å². The van der Waals surface area contributed by atoms with Gasteiger partial charge < -0.3 is 4.42 Å². The second-order valence-corrected chi connectivity index (χ2v) is 16.1. The number of benzene rings is 7. The predicted molar refractivity (Wildman–Crippen MR) is 236 cm³/mol. The highest BCUT2D eigenvalue weighted by molar-refractivity contribution is 7.26. The molecule has 7 aromatic carbocycles. The average molecular weight is 766 g/mol. The molecule has 57 heavy (non-hydrogen) atoms. The molecule has 0 saturated carbocycles. The molecule has 0 N–H and O–H groups in total. The zero-order valence-electron chi connectivity index (χ0n) is 30.0. The highest BCUT2D eigenvalue weighted by atomic mass is 32.1. The van der Waals surface area contributed by atoms with Crippen LogP contribution in [0.1, 0.15) is 0 Å². The number of aromatic nitrogens is 5. The molecule has 0 radical (unpaired) electrons. The Labute approximate surface area is 333 Å². The van der Waals surface area contributed by atoms with Crippen LogP contribution in [0.5, 0.6) is 0 Å². The van der Waals surface area contributed by atoms with Crippen LogP contribution < -0.4 is 0 Å². The first kappa shape index (κ1) is 32.1. The molecular formula is C49H27N5OS2. The number of furan rings is 1. The Morgan fingerprint density at radius 2 is 0.982 bits per heavy atom. The number of rotatable bonds is 5. The van der Waals surface area contributed by atoms with Gasteiger partial charge in [0.25, 0.3) is 0 Å². The van der Waals surface area contributed by atoms with Crippen molar-refractivity contribution in [3.63, 3.8) is 0 Å². The molecule has 0 saturated heterocycles. The van der Waals surface area contributed by atoms with E-state index in [1.807, 2.05) is 66.7 Å². The lowest BCUT2D eigenvalue weighted by atomic mass is 10.0. The molecule has 0 aliphatic rings. The van der Waals surface area contributed by atoms with E-state index in [-0.39, 0.29) is 0 Å². The monoisotopic (exact) mass is 765 g/mol. The molecule has 0 bridgehead atoms. The van der Waals surface area contributed by atoms with E-state index < -0.39 is 0 Å². The molecule has 0 aliphatic heterocycles. The number of hydrogen-bond acceptors (Lipinski definition) is 8. The number of fused-ring (bicyclic) bond motifs is 9. The van der Waals surface area contributed by atoms with Crippen LogP contribution in [0.3, 0.4) is 0 Å². The summed E-state index contributed by atoms with van der Waals surface area (Å²) >= 11 is 3.51. The van der Waals surface area contributed by atoms with Crippen molar-refractivity contribution in [2.45, 2.75) is 0 Å². The van der Waals surface area contributed by atoms with E-state index in [1.54, 1.807) is 22.7 Å². The third kappa shape index (κ3) is 5.19. The molecule has 5 aromatic heterocycles. The highest BCUT2D eigenvalue weighted by Crippen LogP contribution is 2.44. The lowest BCUT2D eigenvalue weighted by Gasteiger charge is -2.09. The fourth-order valence-corrected chi connectivity index (χ4v) is 10.3. The predicted octanol–water partition coefficient (Wildman–Crippen LogP) is 13.6. The molecule has 6 nitrogen and oxygen atoms in total. The summed E-state index contributed by atoms with van der Waals surface area (Å²) in [6.45, 7) is 0. The number of thiophene rings is 2. The van der Waals surface area contributed by atoms with Crippen LogP contribution in [0.25, 0.3) is 119 Å². The van der Waals surface area contributed by atoms with Gasteiger partial charge >= 0.3 is 0 Å². The summed E-state index contributed by atoms with van der Waals surface area (Å²) in [6, 6.07) is 56.2. The Kier molecular flexibility index (Phi) is 7.17. The van der Waals surface area contributed by atoms with Crippen molar-refractivity contribution in [3.05, 3.63) is 164 Å². The average Bonchev–Trinajstić information content (AvgIpc) is 3.98. The van der Waals surface area contributed by atoms with Gasteiger partial charge in [0.05, 0.1) is 15.9 Å². The first-order chi connectivity index (χ1) is 28.2. The van der Waals surface area contributed by atoms with Crippen LogP contribution in [0, 0.1) is 0 Å². The van der Waals surface area contributed by atoms with Gasteiger partial charge in [-0.15, -0.1) is 22.7 Å². The topological polar surface area (TPSA) is 77.6 Å². The molecule has 0 amide bonds. The van der Waals surface area contributed by atoms with Crippen LogP contribution in [0.4, 0.5) is 0 Å². The molecule has 12 rings (SSSR count). The molecule has 12 aromatic rings. The molecule has 0 spiro atoms. The number of para-hydroxylation sites is 1. The fraction of sp³-hybridized carbons (Fsp3) is 0. The van der Waals surface area contributed by atoms with E-state index >= 15 is 0 Å². The number of hydrogen-bond donors (Lipinski definition) is 0. The SMILES string of the molecule is c1ccc(-c2nc(-c3ccc4sc5c(-c6nc(-c7ccccc7)c7sc8ccccc8c7n6)cccc5c4c3)nc(-c3cccc4oc5ccccc5c34)n2)cc1. The van der Waals surface area contributed by atoms with Gasteiger partial charge in [-0.25, -0.2) is 24.9 Å². The second kappa shape index (κ2) is 12.7. The molecule has 266 valence electrons. The molecule has 0 atom stereocenters. The minimum absolute atomic E-state index is 0.594. The van der Waals surface area contributed by atoms with Crippen molar-refractivity contribution in [2.24, 2.45) is 0 Å². The Hall–Kier alpha value is -7.13. The maximum Gasteiger partial charge on any atom is 0.164 e. The van der Waals surface area contributed by atoms with E-state index in [0.29, 0.717) is 17.5 Å². The van der Waals surface area contributed by atoms with E-state index in [1.165, 1.54) is 9.40 Å². The zero-order chi connectivity index (χ0) is 37.5. The van der Waals surface area contributed by atoms with Gasteiger partial charge in [0.15, 0.2) is 23.3 Å². The third-order valence-electron chi connectivity index (χ3n) is 10.6. The summed E-state index contributed by atoms with van der Waals surface area (Å²) in [5.41, 5.74) is 8.38. The van der Waals surface area contributed by atoms with Gasteiger partial charge in [-0.05, 0) is 42.5 Å². The van der Waals surface area contributed by atoms with Gasteiger partial charge in [-0.3, -0.25) is 0 Å². The summed E-state index contributed by atoms with van der Waals surface area (Å²) in [5, 5.41) is 5.43. The summed E-state index contributed by atoms with van der Waals surface area (Å²) in [4.78, 5) is 25.9. The molecular weight excluding hydrogens is 739 g/mol. The van der Waals surface area contributed by atoms with Crippen LogP contribution in [0.2, 0.25) is 0 Å². The Bertz CT molecular complexity index is 3540. The lowest BCUT2D eigenvalue weighted by molar-refractivity contribution is 0.669.